The topological polar surface area (TPSA) is 161 Å². The van der Waals surface area contributed by atoms with Gasteiger partial charge in [-0.25, -0.2) is 0 Å². The van der Waals surface area contributed by atoms with Crippen molar-refractivity contribution < 1.29 is 48.5 Å². The Morgan fingerprint density at radius 1 is 0.625 bits per heavy atom. The van der Waals surface area contributed by atoms with Gasteiger partial charge in [-0.2, -0.15) is 0 Å². The van der Waals surface area contributed by atoms with Crippen molar-refractivity contribution in [1.82, 2.24) is 0 Å². The Morgan fingerprint density at radius 3 is 1.25 bits per heavy atom. The SMILES string of the molecule is CCCCC(CC(=O)O)C(=O)OC(=O)CCCCC(=O)OC(=O)C(CCCC)CC(=O)O. The van der Waals surface area contributed by atoms with E-state index in [1.165, 1.54) is 0 Å². The molecule has 2 atom stereocenters. The molecule has 182 valence electrons. The highest BCUT2D eigenvalue weighted by atomic mass is 16.6. The molecule has 0 bridgehead atoms. The Kier molecular flexibility index (Phi) is 15.4. The van der Waals surface area contributed by atoms with Crippen LogP contribution >= 0.6 is 0 Å². The van der Waals surface area contributed by atoms with Crippen LogP contribution < -0.4 is 0 Å². The first kappa shape index (κ1) is 29.2. The number of aliphatic carboxylic acids is 2. The molecular weight excluding hydrogens is 424 g/mol. The van der Waals surface area contributed by atoms with E-state index in [1.807, 2.05) is 13.8 Å². The molecule has 0 aromatic carbocycles. The van der Waals surface area contributed by atoms with Gasteiger partial charge in [0.05, 0.1) is 24.7 Å². The fourth-order valence-electron chi connectivity index (χ4n) is 2.96. The van der Waals surface area contributed by atoms with E-state index in [-0.39, 0.29) is 25.7 Å². The summed E-state index contributed by atoms with van der Waals surface area (Å²) in [6.45, 7) is 3.79. The monoisotopic (exact) mass is 458 g/mol. The van der Waals surface area contributed by atoms with Gasteiger partial charge in [0.25, 0.3) is 0 Å². The fourth-order valence-corrected chi connectivity index (χ4v) is 2.96. The largest absolute Gasteiger partial charge is 0.481 e. The number of carboxylic acids is 2. The quantitative estimate of drug-likeness (QED) is 0.188. The van der Waals surface area contributed by atoms with Crippen LogP contribution in [-0.4, -0.2) is 46.0 Å². The molecule has 0 rings (SSSR count). The summed E-state index contributed by atoms with van der Waals surface area (Å²) in [7, 11) is 0. The Labute approximate surface area is 187 Å². The zero-order valence-electron chi connectivity index (χ0n) is 18.8. The zero-order valence-corrected chi connectivity index (χ0v) is 18.8. The van der Waals surface area contributed by atoms with Crippen LogP contribution in [-0.2, 0) is 38.2 Å². The first-order chi connectivity index (χ1) is 15.1. The lowest BCUT2D eigenvalue weighted by Gasteiger charge is -2.13. The molecule has 0 aromatic rings. The molecule has 0 aromatic heterocycles. The van der Waals surface area contributed by atoms with E-state index in [0.29, 0.717) is 25.7 Å². The minimum atomic E-state index is -1.15. The molecule has 2 N–H and O–H groups in total. The maximum absolute atomic E-state index is 12.0. The number of carbonyl (C=O) groups excluding carboxylic acids is 4. The summed E-state index contributed by atoms with van der Waals surface area (Å²) in [5.74, 6) is -7.43. The van der Waals surface area contributed by atoms with Crippen molar-refractivity contribution >= 4 is 35.8 Å². The third-order valence-corrected chi connectivity index (χ3v) is 4.76. The minimum Gasteiger partial charge on any atom is -0.481 e. The molecule has 0 saturated carbocycles. The summed E-state index contributed by atoms with van der Waals surface area (Å²) in [6.07, 6.45) is 2.70. The van der Waals surface area contributed by atoms with E-state index < -0.39 is 60.5 Å². The Balaban J connectivity index is 4.35. The second-order valence-electron chi connectivity index (χ2n) is 7.67. The molecule has 0 aliphatic rings. The molecule has 0 saturated heterocycles. The molecule has 0 aliphatic heterocycles. The average molecular weight is 459 g/mol. The molecule has 0 fully saturated rings. The molecular formula is C22H34O10. The highest BCUT2D eigenvalue weighted by molar-refractivity contribution is 5.89. The summed E-state index contributed by atoms with van der Waals surface area (Å²) in [5, 5.41) is 17.8. The van der Waals surface area contributed by atoms with Gasteiger partial charge >= 0.3 is 35.8 Å². The van der Waals surface area contributed by atoms with Crippen LogP contribution in [0, 0.1) is 11.8 Å². The lowest BCUT2D eigenvalue weighted by molar-refractivity contribution is -0.166. The van der Waals surface area contributed by atoms with Crippen LogP contribution in [0.2, 0.25) is 0 Å². The van der Waals surface area contributed by atoms with Crippen LogP contribution in [0.4, 0.5) is 0 Å². The summed E-state index contributed by atoms with van der Waals surface area (Å²) in [6, 6.07) is 0. The van der Waals surface area contributed by atoms with E-state index in [4.69, 9.17) is 19.7 Å². The standard InChI is InChI=1S/C22H34O10/c1-3-5-9-15(13-17(23)24)21(29)31-19(27)11-7-8-12-20(28)32-22(30)16(10-6-4-2)14-18(25)26/h15-16H,3-14H2,1-2H3,(H,23,24)(H,25,26). The van der Waals surface area contributed by atoms with Crippen LogP contribution in [0.5, 0.6) is 0 Å². The number of esters is 4. The Hall–Kier alpha value is -2.78. The predicted octanol–water partition coefficient (Wildman–Crippen LogP) is 3.25. The Morgan fingerprint density at radius 2 is 0.969 bits per heavy atom. The van der Waals surface area contributed by atoms with Crippen LogP contribution in [0.25, 0.3) is 0 Å². The lowest BCUT2D eigenvalue weighted by Crippen LogP contribution is -2.24. The molecule has 10 nitrogen and oxygen atoms in total. The van der Waals surface area contributed by atoms with Crippen molar-refractivity contribution in [3.63, 3.8) is 0 Å². The van der Waals surface area contributed by atoms with Gasteiger partial charge in [-0.3, -0.25) is 28.8 Å². The number of carbonyl (C=O) groups is 6. The van der Waals surface area contributed by atoms with Crippen molar-refractivity contribution in [3.8, 4) is 0 Å². The van der Waals surface area contributed by atoms with E-state index >= 15 is 0 Å². The number of unbranched alkanes of at least 4 members (excludes halogenated alkanes) is 3. The van der Waals surface area contributed by atoms with E-state index in [1.54, 1.807) is 0 Å². The highest BCUT2D eigenvalue weighted by Gasteiger charge is 2.26. The van der Waals surface area contributed by atoms with Gasteiger partial charge in [0, 0.05) is 12.8 Å². The first-order valence-electron chi connectivity index (χ1n) is 11.0. The molecule has 2 unspecified atom stereocenters. The van der Waals surface area contributed by atoms with Crippen molar-refractivity contribution in [2.45, 2.75) is 90.9 Å². The fraction of sp³-hybridized carbons (Fsp3) is 0.727. The smallest absolute Gasteiger partial charge is 0.317 e. The number of carboxylic acid groups (broad SMARTS) is 2. The number of hydrogen-bond acceptors (Lipinski definition) is 8. The highest BCUT2D eigenvalue weighted by Crippen LogP contribution is 2.17. The maximum atomic E-state index is 12.0. The summed E-state index contributed by atoms with van der Waals surface area (Å²) in [4.78, 5) is 69.4. The normalized spacial score (nSPS) is 12.4. The first-order valence-corrected chi connectivity index (χ1v) is 11.0. The van der Waals surface area contributed by atoms with Crippen molar-refractivity contribution in [3.05, 3.63) is 0 Å². The average Bonchev–Trinajstić information content (AvgIpc) is 2.70. The third kappa shape index (κ3) is 14.3. The maximum Gasteiger partial charge on any atom is 0.317 e. The van der Waals surface area contributed by atoms with Gasteiger partial charge in [0.1, 0.15) is 0 Å². The second-order valence-corrected chi connectivity index (χ2v) is 7.67. The Bertz CT molecular complexity index is 599. The summed E-state index contributed by atoms with van der Waals surface area (Å²) >= 11 is 0. The van der Waals surface area contributed by atoms with Crippen molar-refractivity contribution in [2.24, 2.45) is 11.8 Å². The predicted molar refractivity (Wildman–Crippen MR) is 111 cm³/mol. The molecule has 0 radical (unpaired) electrons. The van der Waals surface area contributed by atoms with Gasteiger partial charge in [-0.15, -0.1) is 0 Å². The zero-order chi connectivity index (χ0) is 24.5. The molecule has 10 heteroatoms. The van der Waals surface area contributed by atoms with E-state index in [0.717, 1.165) is 12.8 Å². The van der Waals surface area contributed by atoms with Gasteiger partial charge in [-0.1, -0.05) is 39.5 Å². The number of hydrogen-bond donors (Lipinski definition) is 2. The second kappa shape index (κ2) is 16.9. The van der Waals surface area contributed by atoms with Gasteiger partial charge in [0.15, 0.2) is 0 Å². The van der Waals surface area contributed by atoms with Crippen molar-refractivity contribution in [1.29, 1.82) is 0 Å². The van der Waals surface area contributed by atoms with Crippen molar-refractivity contribution in [2.75, 3.05) is 0 Å². The third-order valence-electron chi connectivity index (χ3n) is 4.76. The number of rotatable bonds is 17. The van der Waals surface area contributed by atoms with Crippen LogP contribution in [0.3, 0.4) is 0 Å². The van der Waals surface area contributed by atoms with Crippen LogP contribution in [0.15, 0.2) is 0 Å². The minimum absolute atomic E-state index is 0.154. The lowest BCUT2D eigenvalue weighted by atomic mass is 9.99. The molecule has 0 amide bonds. The van der Waals surface area contributed by atoms with E-state index in [2.05, 4.69) is 0 Å². The molecule has 0 heterocycles. The molecule has 32 heavy (non-hydrogen) atoms. The summed E-state index contributed by atoms with van der Waals surface area (Å²) in [5.41, 5.74) is 0. The van der Waals surface area contributed by atoms with Gasteiger partial charge < -0.3 is 19.7 Å². The molecule has 0 aliphatic carbocycles. The number of ether oxygens (including phenoxy) is 2. The van der Waals surface area contributed by atoms with Crippen LogP contribution in [0.1, 0.15) is 90.9 Å². The van der Waals surface area contributed by atoms with Gasteiger partial charge in [-0.05, 0) is 25.7 Å². The van der Waals surface area contributed by atoms with E-state index in [9.17, 15) is 28.8 Å². The molecule has 0 spiro atoms. The van der Waals surface area contributed by atoms with Gasteiger partial charge in [0.2, 0.25) is 0 Å². The summed E-state index contributed by atoms with van der Waals surface area (Å²) < 4.78 is 9.44.